The molecule has 1 aliphatic carbocycles. The zero-order valence-electron chi connectivity index (χ0n) is 12.4. The van der Waals surface area contributed by atoms with Gasteiger partial charge >= 0.3 is 0 Å². The Labute approximate surface area is 121 Å². The first-order chi connectivity index (χ1) is 9.75. The van der Waals surface area contributed by atoms with Gasteiger partial charge in [0, 0.05) is 31.1 Å². The van der Waals surface area contributed by atoms with Gasteiger partial charge in [-0.1, -0.05) is 43.5 Å². The van der Waals surface area contributed by atoms with Crippen LogP contribution in [0.3, 0.4) is 0 Å². The Bertz CT molecular complexity index is 483. The fraction of sp³-hybridized carbons (Fsp3) is 0.588. The van der Waals surface area contributed by atoms with Crippen molar-refractivity contribution in [2.75, 3.05) is 26.7 Å². The smallest absolute Gasteiger partial charge is 0.130 e. The Morgan fingerprint density at radius 3 is 2.40 bits per heavy atom. The lowest BCUT2D eigenvalue weighted by atomic mass is 9.69. The SMILES string of the molecule is CN1CCN=C1c1ccc(C2(CN)CCCCC2)cc1. The highest BCUT2D eigenvalue weighted by atomic mass is 15.2. The van der Waals surface area contributed by atoms with Crippen molar-refractivity contribution in [3.05, 3.63) is 35.4 Å². The fourth-order valence-electron chi connectivity index (χ4n) is 3.66. The molecule has 0 atom stereocenters. The van der Waals surface area contributed by atoms with E-state index >= 15 is 0 Å². The minimum atomic E-state index is 0.222. The van der Waals surface area contributed by atoms with Gasteiger partial charge in [-0.2, -0.15) is 0 Å². The van der Waals surface area contributed by atoms with Crippen LogP contribution in [0.2, 0.25) is 0 Å². The van der Waals surface area contributed by atoms with Crippen molar-refractivity contribution >= 4 is 5.84 Å². The van der Waals surface area contributed by atoms with Gasteiger partial charge in [0.1, 0.15) is 5.84 Å². The highest BCUT2D eigenvalue weighted by molar-refractivity contribution is 5.99. The molecule has 108 valence electrons. The second-order valence-corrected chi connectivity index (χ2v) is 6.25. The van der Waals surface area contributed by atoms with E-state index in [2.05, 4.69) is 41.2 Å². The van der Waals surface area contributed by atoms with Crippen LogP contribution in [0.4, 0.5) is 0 Å². The Balaban J connectivity index is 1.85. The molecule has 2 N–H and O–H groups in total. The van der Waals surface area contributed by atoms with E-state index in [9.17, 15) is 0 Å². The lowest BCUT2D eigenvalue weighted by Gasteiger charge is -2.37. The predicted octanol–water partition coefficient (Wildman–Crippen LogP) is 2.54. The molecule has 0 unspecified atom stereocenters. The summed E-state index contributed by atoms with van der Waals surface area (Å²) in [5, 5.41) is 0. The molecule has 20 heavy (non-hydrogen) atoms. The van der Waals surface area contributed by atoms with Crippen molar-refractivity contribution in [1.29, 1.82) is 0 Å². The van der Waals surface area contributed by atoms with Crippen molar-refractivity contribution in [3.8, 4) is 0 Å². The standard InChI is InChI=1S/C17H25N3/c1-20-12-11-19-16(20)14-5-7-15(8-6-14)17(13-18)9-3-2-4-10-17/h5-8H,2-4,9-13,18H2,1H3. The van der Waals surface area contributed by atoms with E-state index in [4.69, 9.17) is 5.73 Å². The lowest BCUT2D eigenvalue weighted by Crippen LogP contribution is -2.37. The molecule has 3 rings (SSSR count). The van der Waals surface area contributed by atoms with Crippen LogP contribution in [0.25, 0.3) is 0 Å². The molecule has 0 bridgehead atoms. The summed E-state index contributed by atoms with van der Waals surface area (Å²) in [6.07, 6.45) is 6.47. The van der Waals surface area contributed by atoms with Gasteiger partial charge in [-0.3, -0.25) is 4.99 Å². The number of amidine groups is 1. The number of likely N-dealkylation sites (N-methyl/N-ethyl adjacent to an activating group) is 1. The van der Waals surface area contributed by atoms with Crippen molar-refractivity contribution in [1.82, 2.24) is 4.90 Å². The molecule has 1 aromatic carbocycles. The molecule has 0 saturated heterocycles. The number of benzene rings is 1. The minimum absolute atomic E-state index is 0.222. The molecule has 1 saturated carbocycles. The molecule has 2 aliphatic rings. The summed E-state index contributed by atoms with van der Waals surface area (Å²) >= 11 is 0. The number of hydrogen-bond acceptors (Lipinski definition) is 3. The summed E-state index contributed by atoms with van der Waals surface area (Å²) < 4.78 is 0. The van der Waals surface area contributed by atoms with Crippen LogP contribution in [-0.4, -0.2) is 37.4 Å². The van der Waals surface area contributed by atoms with Crippen LogP contribution in [0, 0.1) is 0 Å². The van der Waals surface area contributed by atoms with Crippen LogP contribution in [0.15, 0.2) is 29.3 Å². The molecule has 0 radical (unpaired) electrons. The van der Waals surface area contributed by atoms with Crippen LogP contribution in [-0.2, 0) is 5.41 Å². The second-order valence-electron chi connectivity index (χ2n) is 6.25. The quantitative estimate of drug-likeness (QED) is 0.918. The van der Waals surface area contributed by atoms with Crippen LogP contribution < -0.4 is 5.73 Å². The first-order valence-electron chi connectivity index (χ1n) is 7.82. The zero-order chi connectivity index (χ0) is 14.0. The normalized spacial score (nSPS) is 21.9. The average molecular weight is 271 g/mol. The van der Waals surface area contributed by atoms with E-state index in [1.54, 1.807) is 0 Å². The van der Waals surface area contributed by atoms with E-state index in [-0.39, 0.29) is 5.41 Å². The summed E-state index contributed by atoms with van der Waals surface area (Å²) in [5.41, 5.74) is 9.00. The van der Waals surface area contributed by atoms with E-state index in [0.717, 1.165) is 25.5 Å². The largest absolute Gasteiger partial charge is 0.358 e. The monoisotopic (exact) mass is 271 g/mol. The molecule has 3 heteroatoms. The highest BCUT2D eigenvalue weighted by Gasteiger charge is 2.32. The van der Waals surface area contributed by atoms with Crippen molar-refractivity contribution in [3.63, 3.8) is 0 Å². The first kappa shape index (κ1) is 13.6. The average Bonchev–Trinajstić information content (AvgIpc) is 2.94. The van der Waals surface area contributed by atoms with E-state index in [0.29, 0.717) is 0 Å². The number of nitrogens with zero attached hydrogens (tertiary/aromatic N) is 2. The molecule has 1 aromatic rings. The predicted molar refractivity (Wildman–Crippen MR) is 84.3 cm³/mol. The first-order valence-corrected chi connectivity index (χ1v) is 7.82. The summed E-state index contributed by atoms with van der Waals surface area (Å²) in [7, 11) is 2.11. The van der Waals surface area contributed by atoms with E-state index < -0.39 is 0 Å². The molecule has 0 amide bonds. The molecule has 0 aromatic heterocycles. The zero-order valence-corrected chi connectivity index (χ0v) is 12.4. The van der Waals surface area contributed by atoms with Crippen LogP contribution >= 0.6 is 0 Å². The maximum Gasteiger partial charge on any atom is 0.130 e. The summed E-state index contributed by atoms with van der Waals surface area (Å²) in [5.74, 6) is 1.13. The Morgan fingerprint density at radius 2 is 1.85 bits per heavy atom. The minimum Gasteiger partial charge on any atom is -0.358 e. The number of rotatable bonds is 3. The molecule has 1 aliphatic heterocycles. The molecule has 3 nitrogen and oxygen atoms in total. The van der Waals surface area contributed by atoms with Gasteiger partial charge in [0.2, 0.25) is 0 Å². The number of nitrogens with two attached hydrogens (primary N) is 1. The van der Waals surface area contributed by atoms with Gasteiger partial charge in [0.15, 0.2) is 0 Å². The number of aliphatic imine (C=N–C) groups is 1. The van der Waals surface area contributed by atoms with Gasteiger partial charge in [0.05, 0.1) is 6.54 Å². The summed E-state index contributed by atoms with van der Waals surface area (Å²) in [4.78, 5) is 6.81. The Morgan fingerprint density at radius 1 is 1.15 bits per heavy atom. The Hall–Kier alpha value is -1.35. The van der Waals surface area contributed by atoms with Gasteiger partial charge in [0.25, 0.3) is 0 Å². The van der Waals surface area contributed by atoms with Gasteiger partial charge in [-0.15, -0.1) is 0 Å². The van der Waals surface area contributed by atoms with Crippen molar-refractivity contribution < 1.29 is 0 Å². The molecular formula is C17H25N3. The second kappa shape index (κ2) is 5.57. The molecule has 1 heterocycles. The molecule has 0 spiro atoms. The third-order valence-electron chi connectivity index (χ3n) is 5.02. The van der Waals surface area contributed by atoms with Crippen LogP contribution in [0.5, 0.6) is 0 Å². The maximum absolute atomic E-state index is 6.12. The van der Waals surface area contributed by atoms with E-state index in [1.807, 2.05) is 0 Å². The van der Waals surface area contributed by atoms with Crippen molar-refractivity contribution in [2.24, 2.45) is 10.7 Å². The maximum atomic E-state index is 6.12. The number of hydrogen-bond donors (Lipinski definition) is 1. The molecule has 1 fully saturated rings. The van der Waals surface area contributed by atoms with E-state index in [1.165, 1.54) is 43.2 Å². The highest BCUT2D eigenvalue weighted by Crippen LogP contribution is 2.38. The lowest BCUT2D eigenvalue weighted by molar-refractivity contribution is 0.301. The van der Waals surface area contributed by atoms with Gasteiger partial charge in [-0.05, 0) is 18.4 Å². The van der Waals surface area contributed by atoms with Crippen LogP contribution in [0.1, 0.15) is 43.2 Å². The van der Waals surface area contributed by atoms with Gasteiger partial charge < -0.3 is 10.6 Å². The van der Waals surface area contributed by atoms with Crippen molar-refractivity contribution in [2.45, 2.75) is 37.5 Å². The third-order valence-corrected chi connectivity index (χ3v) is 5.02. The van der Waals surface area contributed by atoms with Gasteiger partial charge in [-0.25, -0.2) is 0 Å². The molecular weight excluding hydrogens is 246 g/mol. The third kappa shape index (κ3) is 2.35. The Kier molecular flexibility index (Phi) is 3.79. The summed E-state index contributed by atoms with van der Waals surface area (Å²) in [6.45, 7) is 2.72. The summed E-state index contributed by atoms with van der Waals surface area (Å²) in [6, 6.07) is 9.01. The fourth-order valence-corrected chi connectivity index (χ4v) is 3.66. The topological polar surface area (TPSA) is 41.6 Å².